The number of aromatic nitrogens is 2. The van der Waals surface area contributed by atoms with Crippen LogP contribution >= 0.6 is 11.8 Å². The van der Waals surface area contributed by atoms with E-state index in [0.717, 1.165) is 54.1 Å². The van der Waals surface area contributed by atoms with Gasteiger partial charge in [-0.25, -0.2) is 14.8 Å². The molecule has 2 aromatic rings. The summed E-state index contributed by atoms with van der Waals surface area (Å²) < 4.78 is 0. The van der Waals surface area contributed by atoms with Gasteiger partial charge in [0.05, 0.1) is 17.1 Å². The molecule has 1 aliphatic heterocycles. The van der Waals surface area contributed by atoms with Gasteiger partial charge in [0.2, 0.25) is 5.95 Å². The Morgan fingerprint density at radius 1 is 1.07 bits per heavy atom. The molecule has 0 aliphatic carbocycles. The van der Waals surface area contributed by atoms with E-state index >= 15 is 0 Å². The lowest BCUT2D eigenvalue weighted by atomic mass is 10.2. The van der Waals surface area contributed by atoms with E-state index in [1.54, 1.807) is 11.8 Å². The highest BCUT2D eigenvalue weighted by molar-refractivity contribution is 7.98. The van der Waals surface area contributed by atoms with Crippen LogP contribution in [0.25, 0.3) is 0 Å². The van der Waals surface area contributed by atoms with Crippen LogP contribution in [0.3, 0.4) is 0 Å². The Kier molecular flexibility index (Phi) is 6.18. The van der Waals surface area contributed by atoms with E-state index in [-0.39, 0.29) is 6.03 Å². The van der Waals surface area contributed by atoms with Crippen LogP contribution in [0.5, 0.6) is 0 Å². The zero-order valence-corrected chi connectivity index (χ0v) is 17.1. The summed E-state index contributed by atoms with van der Waals surface area (Å²) >= 11 is 1.63. The van der Waals surface area contributed by atoms with Gasteiger partial charge in [-0.05, 0) is 45.4 Å². The smallest absolute Gasteiger partial charge is 0.323 e. The van der Waals surface area contributed by atoms with E-state index in [4.69, 9.17) is 0 Å². The quantitative estimate of drug-likeness (QED) is 0.786. The van der Waals surface area contributed by atoms with Crippen LogP contribution in [-0.4, -0.2) is 60.4 Å². The Hall–Kier alpha value is -2.32. The van der Waals surface area contributed by atoms with Gasteiger partial charge in [0.15, 0.2) is 0 Å². The maximum atomic E-state index is 12.4. The van der Waals surface area contributed by atoms with Gasteiger partial charge in [0.25, 0.3) is 0 Å². The number of carbonyl (C=O) groups is 1. The summed E-state index contributed by atoms with van der Waals surface area (Å²) in [4.78, 5) is 27.2. The maximum absolute atomic E-state index is 12.4. The van der Waals surface area contributed by atoms with Crippen LogP contribution < -0.4 is 15.5 Å². The van der Waals surface area contributed by atoms with E-state index in [0.29, 0.717) is 5.69 Å². The zero-order chi connectivity index (χ0) is 19.4. The minimum Gasteiger partial charge on any atom is -0.338 e. The van der Waals surface area contributed by atoms with E-state index in [2.05, 4.69) is 37.4 Å². The van der Waals surface area contributed by atoms with Gasteiger partial charge < -0.3 is 20.4 Å². The third-order valence-electron chi connectivity index (χ3n) is 4.61. The predicted octanol–water partition coefficient (Wildman–Crippen LogP) is 3.21. The fourth-order valence-corrected chi connectivity index (χ4v) is 3.46. The summed E-state index contributed by atoms with van der Waals surface area (Å²) in [5.74, 6) is 0.733. The molecule has 2 amide bonds. The largest absolute Gasteiger partial charge is 0.338 e. The summed E-state index contributed by atoms with van der Waals surface area (Å²) in [5.41, 5.74) is 2.95. The van der Waals surface area contributed by atoms with Gasteiger partial charge in [-0.2, -0.15) is 0 Å². The standard InChI is InChI=1S/C19H26N6OS/c1-13-17(23-19(26)22-15-6-5-7-16(12-15)27-4)14(2)21-18(20-13)25-10-8-24(3)9-11-25/h5-7,12H,8-11H2,1-4H3,(H2,22,23,26). The molecule has 144 valence electrons. The van der Waals surface area contributed by atoms with Crippen LogP contribution in [0.15, 0.2) is 29.2 Å². The molecule has 2 heterocycles. The number of likely N-dealkylation sites (N-methyl/N-ethyl adjacent to an activating group) is 1. The molecule has 27 heavy (non-hydrogen) atoms. The average Bonchev–Trinajstić information content (AvgIpc) is 2.65. The molecule has 1 aliphatic rings. The van der Waals surface area contributed by atoms with Crippen LogP contribution in [0.4, 0.5) is 22.1 Å². The van der Waals surface area contributed by atoms with Crippen LogP contribution in [0.2, 0.25) is 0 Å². The first-order valence-electron chi connectivity index (χ1n) is 8.97. The van der Waals surface area contributed by atoms with Crippen molar-refractivity contribution in [2.75, 3.05) is 55.0 Å². The lowest BCUT2D eigenvalue weighted by Gasteiger charge is -2.32. The fourth-order valence-electron chi connectivity index (χ4n) is 3.00. The first-order valence-corrected chi connectivity index (χ1v) is 10.2. The summed E-state index contributed by atoms with van der Waals surface area (Å²) in [6.45, 7) is 7.62. The Labute approximate surface area is 164 Å². The number of aryl methyl sites for hydroxylation is 2. The van der Waals surface area contributed by atoms with Gasteiger partial charge in [-0.15, -0.1) is 11.8 Å². The maximum Gasteiger partial charge on any atom is 0.323 e. The number of urea groups is 1. The number of anilines is 3. The van der Waals surface area contributed by atoms with Crippen molar-refractivity contribution in [1.82, 2.24) is 14.9 Å². The van der Waals surface area contributed by atoms with E-state index in [1.807, 2.05) is 44.4 Å². The van der Waals surface area contributed by atoms with E-state index in [1.165, 1.54) is 0 Å². The van der Waals surface area contributed by atoms with Crippen LogP contribution in [0.1, 0.15) is 11.4 Å². The van der Waals surface area contributed by atoms with Crippen molar-refractivity contribution >= 4 is 35.1 Å². The summed E-state index contributed by atoms with van der Waals surface area (Å²) in [5, 5.41) is 5.76. The second-order valence-electron chi connectivity index (χ2n) is 6.67. The molecule has 0 bridgehead atoms. The molecule has 0 saturated carbocycles. The summed E-state index contributed by atoms with van der Waals surface area (Å²) in [7, 11) is 2.12. The lowest BCUT2D eigenvalue weighted by molar-refractivity contribution is 0.262. The number of rotatable bonds is 4. The topological polar surface area (TPSA) is 73.4 Å². The van der Waals surface area contributed by atoms with Crippen molar-refractivity contribution in [1.29, 1.82) is 0 Å². The van der Waals surface area contributed by atoms with Crippen molar-refractivity contribution < 1.29 is 4.79 Å². The van der Waals surface area contributed by atoms with Gasteiger partial charge in [0.1, 0.15) is 0 Å². The molecule has 1 aromatic heterocycles. The van der Waals surface area contributed by atoms with Gasteiger partial charge >= 0.3 is 6.03 Å². The molecule has 1 saturated heterocycles. The first kappa shape index (κ1) is 19.4. The molecule has 8 heteroatoms. The number of benzene rings is 1. The van der Waals surface area contributed by atoms with Crippen molar-refractivity contribution in [3.63, 3.8) is 0 Å². The van der Waals surface area contributed by atoms with Gasteiger partial charge in [0, 0.05) is 36.8 Å². The SMILES string of the molecule is CSc1cccc(NC(=O)Nc2c(C)nc(N3CCN(C)CC3)nc2C)c1. The lowest BCUT2D eigenvalue weighted by Crippen LogP contribution is -2.45. The predicted molar refractivity (Wildman–Crippen MR) is 112 cm³/mol. The average molecular weight is 387 g/mol. The van der Waals surface area contributed by atoms with Crippen molar-refractivity contribution in [3.8, 4) is 0 Å². The molecular weight excluding hydrogens is 360 g/mol. The molecule has 3 rings (SSSR count). The third-order valence-corrected chi connectivity index (χ3v) is 5.34. The van der Waals surface area contributed by atoms with E-state index < -0.39 is 0 Å². The highest BCUT2D eigenvalue weighted by Crippen LogP contribution is 2.22. The fraction of sp³-hybridized carbons (Fsp3) is 0.421. The molecule has 0 unspecified atom stereocenters. The number of carbonyl (C=O) groups excluding carboxylic acids is 1. The minimum absolute atomic E-state index is 0.296. The number of nitrogens with zero attached hydrogens (tertiary/aromatic N) is 4. The Balaban J connectivity index is 1.70. The summed E-state index contributed by atoms with van der Waals surface area (Å²) in [6, 6.07) is 7.44. The molecule has 1 fully saturated rings. The van der Waals surface area contributed by atoms with Gasteiger partial charge in [-0.3, -0.25) is 0 Å². The van der Waals surface area contributed by atoms with Crippen molar-refractivity contribution in [2.24, 2.45) is 0 Å². The molecule has 2 N–H and O–H groups in total. The van der Waals surface area contributed by atoms with Crippen molar-refractivity contribution in [3.05, 3.63) is 35.7 Å². The number of nitrogens with one attached hydrogen (secondary N) is 2. The number of thioether (sulfide) groups is 1. The molecule has 1 aromatic carbocycles. The van der Waals surface area contributed by atoms with E-state index in [9.17, 15) is 4.79 Å². The number of amides is 2. The molecule has 0 atom stereocenters. The third kappa shape index (κ3) is 4.90. The minimum atomic E-state index is -0.296. The summed E-state index contributed by atoms with van der Waals surface area (Å²) in [6.07, 6.45) is 2.01. The monoisotopic (exact) mass is 386 g/mol. The molecular formula is C19H26N6OS. The highest BCUT2D eigenvalue weighted by Gasteiger charge is 2.19. The van der Waals surface area contributed by atoms with Crippen LogP contribution in [0, 0.1) is 13.8 Å². The normalized spacial score (nSPS) is 14.9. The molecule has 0 spiro atoms. The zero-order valence-electron chi connectivity index (χ0n) is 16.2. The van der Waals surface area contributed by atoms with Crippen molar-refractivity contribution in [2.45, 2.75) is 18.7 Å². The van der Waals surface area contributed by atoms with Gasteiger partial charge in [-0.1, -0.05) is 6.07 Å². The second kappa shape index (κ2) is 8.58. The first-order chi connectivity index (χ1) is 13.0. The number of hydrogen-bond donors (Lipinski definition) is 2. The molecule has 0 radical (unpaired) electrons. The Morgan fingerprint density at radius 2 is 1.74 bits per heavy atom. The Bertz CT molecular complexity index is 797. The number of piperazine rings is 1. The highest BCUT2D eigenvalue weighted by atomic mass is 32.2. The molecule has 7 nitrogen and oxygen atoms in total. The van der Waals surface area contributed by atoms with Crippen LogP contribution in [-0.2, 0) is 0 Å². The number of hydrogen-bond acceptors (Lipinski definition) is 6. The Morgan fingerprint density at radius 3 is 2.37 bits per heavy atom. The second-order valence-corrected chi connectivity index (χ2v) is 7.55.